The van der Waals surface area contributed by atoms with Gasteiger partial charge < -0.3 is 4.90 Å². The summed E-state index contributed by atoms with van der Waals surface area (Å²) in [5, 5.41) is 22.2. The Morgan fingerprint density at radius 1 is 0.903 bits per heavy atom. The number of allylic oxidation sites excluding steroid dienone is 2. The zero-order chi connectivity index (χ0) is 21.2. The summed E-state index contributed by atoms with van der Waals surface area (Å²) in [7, 11) is 0. The second-order valence-corrected chi connectivity index (χ2v) is 7.49. The first-order valence-corrected chi connectivity index (χ1v) is 10.1. The van der Waals surface area contributed by atoms with Crippen molar-refractivity contribution in [3.05, 3.63) is 107 Å². The van der Waals surface area contributed by atoms with Crippen LogP contribution in [0.15, 0.2) is 90.6 Å². The lowest BCUT2D eigenvalue weighted by molar-refractivity contribution is 0.559. The van der Waals surface area contributed by atoms with Crippen molar-refractivity contribution in [2.24, 2.45) is 0 Å². The van der Waals surface area contributed by atoms with Crippen LogP contribution in [-0.4, -0.2) is 20.2 Å². The summed E-state index contributed by atoms with van der Waals surface area (Å²) >= 11 is 0. The van der Waals surface area contributed by atoms with Crippen molar-refractivity contribution < 1.29 is 0 Å². The van der Waals surface area contributed by atoms with Gasteiger partial charge in [0.15, 0.2) is 0 Å². The fourth-order valence-corrected chi connectivity index (χ4v) is 4.09. The third-order valence-electron chi connectivity index (χ3n) is 5.61. The second-order valence-electron chi connectivity index (χ2n) is 7.49. The van der Waals surface area contributed by atoms with Crippen molar-refractivity contribution in [1.82, 2.24) is 20.2 Å². The van der Waals surface area contributed by atoms with Gasteiger partial charge >= 0.3 is 0 Å². The van der Waals surface area contributed by atoms with Crippen LogP contribution in [0.25, 0.3) is 11.1 Å². The van der Waals surface area contributed by atoms with E-state index >= 15 is 0 Å². The molecule has 0 N–H and O–H groups in total. The standard InChI is InChI=1S/C25H20N6/c1-18-15-24(23-14-8-7-13-22(23)21-12-6-5-11-20(21)16-26)31-25(27-28-29-31)30(18)17-19-9-3-2-4-10-19/h2-15,24H,17H2,1H3. The summed E-state index contributed by atoms with van der Waals surface area (Å²) in [6.07, 6.45) is 2.18. The minimum atomic E-state index is -0.167. The Bertz CT molecular complexity index is 1300. The van der Waals surface area contributed by atoms with E-state index in [0.29, 0.717) is 18.1 Å². The zero-order valence-corrected chi connectivity index (χ0v) is 17.1. The second kappa shape index (κ2) is 7.88. The molecular formula is C25H20N6. The summed E-state index contributed by atoms with van der Waals surface area (Å²) < 4.78 is 1.85. The van der Waals surface area contributed by atoms with E-state index in [1.54, 1.807) is 0 Å². The Hall–Kier alpha value is -4.24. The fraction of sp³-hybridized carbons (Fsp3) is 0.120. The van der Waals surface area contributed by atoms with Gasteiger partial charge in [-0.1, -0.05) is 77.9 Å². The number of hydrogen-bond donors (Lipinski definition) is 0. The molecule has 1 aromatic heterocycles. The number of benzene rings is 3. The Labute approximate surface area is 180 Å². The monoisotopic (exact) mass is 404 g/mol. The molecule has 0 bridgehead atoms. The van der Waals surface area contributed by atoms with Crippen LogP contribution in [0.2, 0.25) is 0 Å². The van der Waals surface area contributed by atoms with Gasteiger partial charge in [0.25, 0.3) is 5.95 Å². The van der Waals surface area contributed by atoms with Gasteiger partial charge in [-0.2, -0.15) is 9.94 Å². The summed E-state index contributed by atoms with van der Waals surface area (Å²) in [5.41, 5.74) is 5.89. The zero-order valence-electron chi connectivity index (χ0n) is 17.1. The summed E-state index contributed by atoms with van der Waals surface area (Å²) in [5.74, 6) is 0.706. The summed E-state index contributed by atoms with van der Waals surface area (Å²) in [6, 6.07) is 28.2. The number of fused-ring (bicyclic) bond motifs is 1. The Kier molecular flexibility index (Phi) is 4.77. The van der Waals surface area contributed by atoms with E-state index in [0.717, 1.165) is 22.4 Å². The molecule has 3 aromatic carbocycles. The highest BCUT2D eigenvalue weighted by Gasteiger charge is 2.29. The average Bonchev–Trinajstić information content (AvgIpc) is 3.31. The highest BCUT2D eigenvalue weighted by atomic mass is 15.6. The summed E-state index contributed by atoms with van der Waals surface area (Å²) in [4.78, 5) is 2.12. The minimum Gasteiger partial charge on any atom is -0.309 e. The highest BCUT2D eigenvalue weighted by Crippen LogP contribution is 2.37. The molecule has 0 amide bonds. The smallest absolute Gasteiger partial charge is 0.250 e. The van der Waals surface area contributed by atoms with Crippen molar-refractivity contribution in [1.29, 1.82) is 5.26 Å². The number of anilines is 1. The lowest BCUT2D eigenvalue weighted by atomic mass is 9.91. The maximum Gasteiger partial charge on any atom is 0.250 e. The molecule has 1 unspecified atom stereocenters. The van der Waals surface area contributed by atoms with Gasteiger partial charge in [0.2, 0.25) is 0 Å². The molecule has 2 heterocycles. The molecule has 1 aliphatic heterocycles. The molecule has 0 radical (unpaired) electrons. The molecule has 6 nitrogen and oxygen atoms in total. The SMILES string of the molecule is CC1=CC(c2ccccc2-c2ccccc2C#N)n2nnnc2N1Cc1ccccc1. The van der Waals surface area contributed by atoms with Crippen molar-refractivity contribution in [3.63, 3.8) is 0 Å². The van der Waals surface area contributed by atoms with Gasteiger partial charge in [-0.15, -0.1) is 0 Å². The number of nitriles is 1. The Morgan fingerprint density at radius 2 is 1.61 bits per heavy atom. The van der Waals surface area contributed by atoms with Crippen LogP contribution >= 0.6 is 0 Å². The number of tetrazole rings is 1. The molecule has 1 atom stereocenters. The Morgan fingerprint density at radius 3 is 2.42 bits per heavy atom. The molecule has 0 saturated carbocycles. The van der Waals surface area contributed by atoms with Gasteiger partial charge in [-0.3, -0.25) is 0 Å². The van der Waals surface area contributed by atoms with Gasteiger partial charge in [-0.05, 0) is 51.7 Å². The molecule has 0 aliphatic carbocycles. The first-order chi connectivity index (χ1) is 15.3. The molecule has 0 fully saturated rings. The molecule has 31 heavy (non-hydrogen) atoms. The van der Waals surface area contributed by atoms with Crippen LogP contribution < -0.4 is 4.90 Å². The first-order valence-electron chi connectivity index (χ1n) is 10.1. The van der Waals surface area contributed by atoms with Gasteiger partial charge in [-0.25, -0.2) is 0 Å². The highest BCUT2D eigenvalue weighted by molar-refractivity contribution is 5.74. The van der Waals surface area contributed by atoms with Crippen LogP contribution in [0.3, 0.4) is 0 Å². The number of rotatable bonds is 4. The van der Waals surface area contributed by atoms with Crippen molar-refractivity contribution in [3.8, 4) is 17.2 Å². The topological polar surface area (TPSA) is 70.6 Å². The normalized spacial score (nSPS) is 15.2. The fourth-order valence-electron chi connectivity index (χ4n) is 4.09. The number of hydrogen-bond acceptors (Lipinski definition) is 5. The van der Waals surface area contributed by atoms with E-state index in [4.69, 9.17) is 0 Å². The largest absolute Gasteiger partial charge is 0.309 e. The van der Waals surface area contributed by atoms with Gasteiger partial charge in [0.1, 0.15) is 6.04 Å². The van der Waals surface area contributed by atoms with E-state index in [9.17, 15) is 5.26 Å². The van der Waals surface area contributed by atoms with Crippen LogP contribution in [0.4, 0.5) is 5.95 Å². The molecule has 4 aromatic rings. The van der Waals surface area contributed by atoms with Crippen LogP contribution in [-0.2, 0) is 6.54 Å². The number of nitrogens with zero attached hydrogens (tertiary/aromatic N) is 6. The molecule has 0 saturated heterocycles. The lowest BCUT2D eigenvalue weighted by Gasteiger charge is -2.32. The molecule has 0 spiro atoms. The van der Waals surface area contributed by atoms with Crippen LogP contribution in [0, 0.1) is 11.3 Å². The predicted molar refractivity (Wildman–Crippen MR) is 119 cm³/mol. The molecule has 5 rings (SSSR count). The van der Waals surface area contributed by atoms with Gasteiger partial charge in [0.05, 0.1) is 18.2 Å². The van der Waals surface area contributed by atoms with Crippen LogP contribution in [0.5, 0.6) is 0 Å². The third kappa shape index (κ3) is 3.36. The lowest BCUT2D eigenvalue weighted by Crippen LogP contribution is -2.30. The van der Waals surface area contributed by atoms with Gasteiger partial charge in [0, 0.05) is 5.70 Å². The van der Waals surface area contributed by atoms with Crippen LogP contribution in [0.1, 0.15) is 29.7 Å². The first kappa shape index (κ1) is 18.8. The van der Waals surface area contributed by atoms with E-state index in [1.165, 1.54) is 5.56 Å². The van der Waals surface area contributed by atoms with Crippen molar-refractivity contribution >= 4 is 5.95 Å². The minimum absolute atomic E-state index is 0.167. The van der Waals surface area contributed by atoms with Crippen molar-refractivity contribution in [2.75, 3.05) is 4.90 Å². The third-order valence-corrected chi connectivity index (χ3v) is 5.61. The maximum absolute atomic E-state index is 9.62. The quantitative estimate of drug-likeness (QED) is 0.492. The predicted octanol–water partition coefficient (Wildman–Crippen LogP) is 4.73. The van der Waals surface area contributed by atoms with E-state index in [1.807, 2.05) is 59.3 Å². The van der Waals surface area contributed by atoms with E-state index in [2.05, 4.69) is 63.8 Å². The van der Waals surface area contributed by atoms with E-state index in [-0.39, 0.29) is 6.04 Å². The summed E-state index contributed by atoms with van der Waals surface area (Å²) in [6.45, 7) is 2.77. The average molecular weight is 404 g/mol. The molecular weight excluding hydrogens is 384 g/mol. The molecule has 1 aliphatic rings. The van der Waals surface area contributed by atoms with Crippen molar-refractivity contribution in [2.45, 2.75) is 19.5 Å². The van der Waals surface area contributed by atoms with E-state index < -0.39 is 0 Å². The molecule has 150 valence electrons. The maximum atomic E-state index is 9.62. The molecule has 6 heteroatoms. The number of aromatic nitrogens is 4. The Balaban J connectivity index is 1.60.